The Morgan fingerprint density at radius 1 is 1.29 bits per heavy atom. The van der Waals surface area contributed by atoms with Gasteiger partial charge in [0.1, 0.15) is 0 Å². The summed E-state index contributed by atoms with van der Waals surface area (Å²) in [5, 5.41) is 19.6. The molecule has 0 radical (unpaired) electrons. The molecule has 0 aromatic carbocycles. The van der Waals surface area contributed by atoms with E-state index >= 15 is 0 Å². The Kier molecular flexibility index (Phi) is 8.72. The maximum Gasteiger partial charge on any atom is 0.234 e. The molecule has 0 aromatic rings. The molecule has 5 nitrogen and oxygen atoms in total. The van der Waals surface area contributed by atoms with Crippen LogP contribution in [0, 0.1) is 28.6 Å². The van der Waals surface area contributed by atoms with Crippen LogP contribution < -0.4 is 5.32 Å². The van der Waals surface area contributed by atoms with Crippen molar-refractivity contribution in [2.24, 2.45) is 5.92 Å². The molecule has 0 bridgehead atoms. The molecule has 0 heterocycles. The SMILES string of the molecule is CC(C)CN(CCC#N)CC(=O)NCCC#N. The van der Waals surface area contributed by atoms with Crippen LogP contribution in [-0.2, 0) is 4.79 Å². The second kappa shape index (κ2) is 9.62. The molecule has 0 unspecified atom stereocenters. The van der Waals surface area contributed by atoms with Gasteiger partial charge in [0.25, 0.3) is 0 Å². The lowest BCUT2D eigenvalue weighted by Crippen LogP contribution is -2.39. The number of nitriles is 2. The number of nitrogens with one attached hydrogen (secondary N) is 1. The zero-order valence-electron chi connectivity index (χ0n) is 10.6. The molecule has 0 atom stereocenters. The van der Waals surface area contributed by atoms with Crippen molar-refractivity contribution in [1.29, 1.82) is 10.5 Å². The Hall–Kier alpha value is -1.59. The Morgan fingerprint density at radius 3 is 2.47 bits per heavy atom. The molecule has 1 amide bonds. The van der Waals surface area contributed by atoms with Crippen molar-refractivity contribution >= 4 is 5.91 Å². The molecule has 1 N–H and O–H groups in total. The highest BCUT2D eigenvalue weighted by molar-refractivity contribution is 5.77. The summed E-state index contributed by atoms with van der Waals surface area (Å²) >= 11 is 0. The van der Waals surface area contributed by atoms with Crippen LogP contribution in [0.15, 0.2) is 0 Å². The van der Waals surface area contributed by atoms with E-state index < -0.39 is 0 Å². The van der Waals surface area contributed by atoms with Crippen LogP contribution in [0.1, 0.15) is 26.7 Å². The van der Waals surface area contributed by atoms with Crippen LogP contribution in [0.25, 0.3) is 0 Å². The van der Waals surface area contributed by atoms with Crippen LogP contribution >= 0.6 is 0 Å². The van der Waals surface area contributed by atoms with Gasteiger partial charge in [0, 0.05) is 26.1 Å². The first-order valence-electron chi connectivity index (χ1n) is 5.83. The highest BCUT2D eigenvalue weighted by Gasteiger charge is 2.11. The summed E-state index contributed by atoms with van der Waals surface area (Å²) in [5.41, 5.74) is 0. The van der Waals surface area contributed by atoms with Gasteiger partial charge >= 0.3 is 0 Å². The van der Waals surface area contributed by atoms with Gasteiger partial charge in [-0.3, -0.25) is 9.69 Å². The van der Waals surface area contributed by atoms with Crippen molar-refractivity contribution in [2.45, 2.75) is 26.7 Å². The largest absolute Gasteiger partial charge is 0.354 e. The Morgan fingerprint density at radius 2 is 1.94 bits per heavy atom. The quantitative estimate of drug-likeness (QED) is 0.635. The molecule has 94 valence electrons. The first kappa shape index (κ1) is 15.4. The number of carbonyl (C=O) groups excluding carboxylic acids is 1. The van der Waals surface area contributed by atoms with Crippen molar-refractivity contribution < 1.29 is 4.79 Å². The molecule has 0 aliphatic rings. The molecule has 0 aliphatic heterocycles. The van der Waals surface area contributed by atoms with Crippen molar-refractivity contribution in [1.82, 2.24) is 10.2 Å². The van der Waals surface area contributed by atoms with Gasteiger partial charge in [-0.15, -0.1) is 0 Å². The highest BCUT2D eigenvalue weighted by Crippen LogP contribution is 1.99. The maximum atomic E-state index is 11.5. The first-order chi connectivity index (χ1) is 8.10. The fourth-order valence-corrected chi connectivity index (χ4v) is 1.48. The van der Waals surface area contributed by atoms with Crippen LogP contribution in [-0.4, -0.2) is 37.0 Å². The van der Waals surface area contributed by atoms with E-state index in [0.29, 0.717) is 38.4 Å². The summed E-state index contributed by atoms with van der Waals surface area (Å²) < 4.78 is 0. The maximum absolute atomic E-state index is 11.5. The smallest absolute Gasteiger partial charge is 0.234 e. The Balaban J connectivity index is 4.00. The van der Waals surface area contributed by atoms with Gasteiger partial charge in [-0.05, 0) is 5.92 Å². The average molecular weight is 236 g/mol. The average Bonchev–Trinajstić information content (AvgIpc) is 2.25. The van der Waals surface area contributed by atoms with E-state index in [1.54, 1.807) is 0 Å². The summed E-state index contributed by atoms with van der Waals surface area (Å²) in [7, 11) is 0. The number of nitrogens with zero attached hydrogens (tertiary/aromatic N) is 3. The lowest BCUT2D eigenvalue weighted by atomic mass is 10.2. The van der Waals surface area contributed by atoms with E-state index in [-0.39, 0.29) is 5.91 Å². The Bertz CT molecular complexity index is 301. The van der Waals surface area contributed by atoms with E-state index in [2.05, 4.69) is 25.2 Å². The number of carbonyl (C=O) groups is 1. The lowest BCUT2D eigenvalue weighted by Gasteiger charge is -2.22. The molecular weight excluding hydrogens is 216 g/mol. The molecule has 0 saturated carbocycles. The summed E-state index contributed by atoms with van der Waals surface area (Å²) in [4.78, 5) is 13.5. The van der Waals surface area contributed by atoms with Crippen LogP contribution in [0.3, 0.4) is 0 Å². The lowest BCUT2D eigenvalue weighted by molar-refractivity contribution is -0.122. The van der Waals surface area contributed by atoms with E-state index in [1.807, 2.05) is 11.0 Å². The van der Waals surface area contributed by atoms with Gasteiger partial charge in [0.2, 0.25) is 5.91 Å². The van der Waals surface area contributed by atoms with E-state index in [1.165, 1.54) is 0 Å². The summed E-state index contributed by atoms with van der Waals surface area (Å²) in [6, 6.07) is 4.05. The third kappa shape index (κ3) is 9.35. The monoisotopic (exact) mass is 236 g/mol. The number of hydrogen-bond donors (Lipinski definition) is 1. The highest BCUT2D eigenvalue weighted by atomic mass is 16.2. The molecule has 0 aromatic heterocycles. The summed E-state index contributed by atoms with van der Waals surface area (Å²) in [5.74, 6) is 0.374. The van der Waals surface area contributed by atoms with E-state index in [9.17, 15) is 4.79 Å². The molecule has 0 aliphatic carbocycles. The molecule has 17 heavy (non-hydrogen) atoms. The van der Waals surface area contributed by atoms with Crippen molar-refractivity contribution in [3.8, 4) is 12.1 Å². The summed E-state index contributed by atoms with van der Waals surface area (Å²) in [6.45, 7) is 6.25. The summed E-state index contributed by atoms with van der Waals surface area (Å²) in [6.07, 6.45) is 0.756. The van der Waals surface area contributed by atoms with Gasteiger partial charge in [-0.25, -0.2) is 0 Å². The van der Waals surface area contributed by atoms with E-state index in [4.69, 9.17) is 10.5 Å². The number of hydrogen-bond acceptors (Lipinski definition) is 4. The number of amides is 1. The minimum absolute atomic E-state index is 0.0844. The molecule has 0 fully saturated rings. The van der Waals surface area contributed by atoms with Crippen LogP contribution in [0.4, 0.5) is 0 Å². The molecule has 5 heteroatoms. The van der Waals surface area contributed by atoms with Gasteiger partial charge in [0.05, 0.1) is 25.1 Å². The minimum Gasteiger partial charge on any atom is -0.354 e. The van der Waals surface area contributed by atoms with Gasteiger partial charge < -0.3 is 5.32 Å². The normalized spacial score (nSPS) is 10.0. The predicted octanol–water partition coefficient (Wildman–Crippen LogP) is 0.888. The van der Waals surface area contributed by atoms with Crippen molar-refractivity contribution in [2.75, 3.05) is 26.2 Å². The fourth-order valence-electron chi connectivity index (χ4n) is 1.48. The molecule has 0 rings (SSSR count). The van der Waals surface area contributed by atoms with Crippen LogP contribution in [0.2, 0.25) is 0 Å². The van der Waals surface area contributed by atoms with Crippen molar-refractivity contribution in [3.63, 3.8) is 0 Å². The zero-order chi connectivity index (χ0) is 13.1. The molecule has 0 saturated heterocycles. The molecular formula is C12H20N4O. The van der Waals surface area contributed by atoms with Gasteiger partial charge in [-0.2, -0.15) is 10.5 Å². The van der Waals surface area contributed by atoms with Gasteiger partial charge in [0.15, 0.2) is 0 Å². The number of rotatable bonds is 8. The van der Waals surface area contributed by atoms with Crippen LogP contribution in [0.5, 0.6) is 0 Å². The second-order valence-corrected chi connectivity index (χ2v) is 4.30. The minimum atomic E-state index is -0.0844. The standard InChI is InChI=1S/C12H20N4O/c1-11(2)9-16(8-4-6-14)10-12(17)15-7-3-5-13/h11H,3-4,7-10H2,1-2H3,(H,15,17). The third-order valence-electron chi connectivity index (χ3n) is 2.09. The zero-order valence-corrected chi connectivity index (χ0v) is 10.6. The predicted molar refractivity (Wildman–Crippen MR) is 64.7 cm³/mol. The first-order valence-corrected chi connectivity index (χ1v) is 5.83. The second-order valence-electron chi connectivity index (χ2n) is 4.30. The fraction of sp³-hybridized carbons (Fsp3) is 0.750. The van der Waals surface area contributed by atoms with Crippen molar-refractivity contribution in [3.05, 3.63) is 0 Å². The van der Waals surface area contributed by atoms with Gasteiger partial charge in [-0.1, -0.05) is 13.8 Å². The Labute approximate surface area is 103 Å². The topological polar surface area (TPSA) is 79.9 Å². The third-order valence-corrected chi connectivity index (χ3v) is 2.09. The molecule has 0 spiro atoms. The van der Waals surface area contributed by atoms with E-state index in [0.717, 1.165) is 6.54 Å².